The number of nitrogens with one attached hydrogen (secondary N) is 2. The molecule has 3 heterocycles. The molecule has 0 bridgehead atoms. The number of rotatable bonds is 5. The van der Waals surface area contributed by atoms with Crippen LogP contribution in [-0.4, -0.2) is 117 Å². The molecule has 46 heavy (non-hydrogen) atoms. The molecule has 0 aromatic rings. The van der Waals surface area contributed by atoms with E-state index in [4.69, 9.17) is 12.8 Å². The first kappa shape index (κ1) is 42.5. The van der Waals surface area contributed by atoms with Crippen LogP contribution >= 0.6 is 0 Å². The average molecular weight is 704 g/mol. The first-order valence-corrected chi connectivity index (χ1v) is 18.0. The molecule has 19 heteroatoms. The Hall–Kier alpha value is -3.49. The Bertz CT molecular complexity index is 1330. The number of methoxy groups -OCH3 is 3. The van der Waals surface area contributed by atoms with Gasteiger partial charge in [-0.05, 0) is 19.2 Å². The van der Waals surface area contributed by atoms with Gasteiger partial charge in [-0.2, -0.15) is 21.6 Å². The average Bonchev–Trinajstić information content (AvgIpc) is 3.69. The van der Waals surface area contributed by atoms with E-state index in [0.717, 1.165) is 18.8 Å². The number of carbonyl (C=O) groups is 3. The molecule has 0 saturated carbocycles. The normalized spacial score (nSPS) is 21.9. The number of ether oxygens (including phenoxy) is 3. The van der Waals surface area contributed by atoms with E-state index in [1.807, 2.05) is 0 Å². The number of esters is 3. The van der Waals surface area contributed by atoms with Crippen LogP contribution in [0, 0.1) is 24.3 Å². The zero-order valence-corrected chi connectivity index (χ0v) is 28.1. The number of nitrogens with zero attached hydrogens (tertiary/aromatic N) is 1. The lowest BCUT2D eigenvalue weighted by Crippen LogP contribution is -2.34. The molecule has 3 rings (SSSR count). The summed E-state index contributed by atoms with van der Waals surface area (Å²) in [5.41, 5.74) is -1.96. The summed E-state index contributed by atoms with van der Waals surface area (Å²) in [6.07, 6.45) is 12.5. The van der Waals surface area contributed by atoms with Gasteiger partial charge in [-0.1, -0.05) is 25.6 Å². The molecule has 12 nitrogen and oxygen atoms in total. The van der Waals surface area contributed by atoms with Crippen LogP contribution in [0.2, 0.25) is 19.6 Å². The minimum atomic E-state index is -5.71. The van der Waals surface area contributed by atoms with Crippen molar-refractivity contribution in [1.29, 1.82) is 0 Å². The Morgan fingerprint density at radius 1 is 1.00 bits per heavy atom. The number of terminal acetylenes is 2. The van der Waals surface area contributed by atoms with E-state index in [-0.39, 0.29) is 18.6 Å². The van der Waals surface area contributed by atoms with Gasteiger partial charge >= 0.3 is 33.5 Å². The summed E-state index contributed by atoms with van der Waals surface area (Å²) >= 11 is 0. The maximum absolute atomic E-state index is 12.4. The summed E-state index contributed by atoms with van der Waals surface area (Å²) in [5.74, 6) is -2.41. The first-order valence-electron chi connectivity index (χ1n) is 13.1. The van der Waals surface area contributed by atoms with Gasteiger partial charge in [0.1, 0.15) is 32.0 Å². The van der Waals surface area contributed by atoms with Gasteiger partial charge in [-0.3, -0.25) is 29.9 Å². The minimum Gasteiger partial charge on any atom is -0.468 e. The fourth-order valence-electron chi connectivity index (χ4n) is 3.25. The number of carbonyl (C=O) groups excluding carboxylic acids is 3. The van der Waals surface area contributed by atoms with Crippen LogP contribution < -0.4 is 10.6 Å². The van der Waals surface area contributed by atoms with Crippen LogP contribution in [0.15, 0.2) is 23.5 Å². The van der Waals surface area contributed by atoms with Crippen LogP contribution in [0.5, 0.6) is 0 Å². The molecule has 0 aliphatic carbocycles. The van der Waals surface area contributed by atoms with Crippen molar-refractivity contribution in [1.82, 2.24) is 15.5 Å². The smallest absolute Gasteiger partial charge is 0.468 e. The third-order valence-corrected chi connectivity index (χ3v) is 7.58. The summed E-state index contributed by atoms with van der Waals surface area (Å²) in [5, 5.41) is 5.27. The molecule has 0 amide bonds. The highest BCUT2D eigenvalue weighted by atomic mass is 32.2. The van der Waals surface area contributed by atoms with Gasteiger partial charge in [0.25, 0.3) is 5.92 Å². The lowest BCUT2D eigenvalue weighted by molar-refractivity contribution is -0.144. The number of halogens is 5. The molecular weight excluding hydrogens is 665 g/mol. The van der Waals surface area contributed by atoms with Crippen LogP contribution in [0.1, 0.15) is 6.42 Å². The van der Waals surface area contributed by atoms with Crippen LogP contribution in [0.3, 0.4) is 0 Å². The number of hydrogen-bond acceptors (Lipinski definition) is 12. The second-order valence-corrected chi connectivity index (χ2v) is 17.0. The Morgan fingerprint density at radius 2 is 1.52 bits per heavy atom. The fraction of sp³-hybridized carbons (Fsp3) is 0.593. The Kier molecular flexibility index (Phi) is 16.6. The van der Waals surface area contributed by atoms with Crippen LogP contribution in [0.4, 0.5) is 22.0 Å². The van der Waals surface area contributed by atoms with Crippen LogP contribution in [-0.2, 0) is 42.9 Å². The molecule has 0 unspecified atom stereocenters. The molecule has 0 aromatic heterocycles. The molecule has 3 atom stereocenters. The lowest BCUT2D eigenvalue weighted by Gasteiger charge is -2.15. The monoisotopic (exact) mass is 703 g/mol. The van der Waals surface area contributed by atoms with Crippen molar-refractivity contribution in [3.8, 4) is 24.3 Å². The number of hydrogen-bond donors (Lipinski definition) is 2. The highest BCUT2D eigenvalue weighted by Crippen LogP contribution is 2.29. The molecule has 0 radical (unpaired) electrons. The molecule has 3 aliphatic heterocycles. The van der Waals surface area contributed by atoms with E-state index in [1.165, 1.54) is 26.2 Å². The molecular formula is C27H38F5N3O9SSi. The van der Waals surface area contributed by atoms with Gasteiger partial charge in [-0.15, -0.1) is 18.4 Å². The minimum absolute atomic E-state index is 0.241. The largest absolute Gasteiger partial charge is 0.534 e. The van der Waals surface area contributed by atoms with Crippen molar-refractivity contribution in [3.05, 3.63) is 23.5 Å². The van der Waals surface area contributed by atoms with E-state index in [9.17, 15) is 44.8 Å². The molecule has 260 valence electrons. The number of likely N-dealkylation sites (N-methyl/N-ethyl adjacent to an activating group) is 1. The lowest BCUT2D eigenvalue weighted by atomic mass is 10.2. The summed E-state index contributed by atoms with van der Waals surface area (Å²) in [4.78, 5) is 34.0. The summed E-state index contributed by atoms with van der Waals surface area (Å²) in [6, 6.07) is -2.16. The van der Waals surface area contributed by atoms with Gasteiger partial charge in [0.2, 0.25) is 0 Å². The molecule has 1 saturated heterocycles. The predicted molar refractivity (Wildman–Crippen MR) is 159 cm³/mol. The molecule has 0 aromatic carbocycles. The fourth-order valence-corrected chi connectivity index (χ4v) is 3.74. The summed E-state index contributed by atoms with van der Waals surface area (Å²) in [7, 11) is -1.76. The van der Waals surface area contributed by atoms with Crippen molar-refractivity contribution in [2.75, 3.05) is 48.0 Å². The summed E-state index contributed by atoms with van der Waals surface area (Å²) in [6.45, 7) is 6.34. The van der Waals surface area contributed by atoms with Crippen molar-refractivity contribution in [2.45, 2.75) is 55.6 Å². The quantitative estimate of drug-likeness (QED) is 0.0815. The first-order chi connectivity index (χ1) is 21.0. The van der Waals surface area contributed by atoms with Gasteiger partial charge in [-0.25, -0.2) is 8.78 Å². The standard InChI is InChI=1S/C8H10F3NO5S.C8H9NO2.C6H9F2NO2.C5H10Si/c1-12-4-5(3-6(12)7(13)16-2)17-18(14,15)8(9,10)11;1-3-6-4-7(9-5-6)8(10)11-2;1-11-5(10)4-2-6(7,8)3-9-4;1-5-6(2,3)4/h3,6H,4H2,1-2H3;1,4,7,9H,5H2,2H3;4,9H,2-3H2,1H3;1H,2-4H3/t6-;7-;4-;/m111./s1. The van der Waals surface area contributed by atoms with E-state index >= 15 is 0 Å². The van der Waals surface area contributed by atoms with Gasteiger partial charge < -0.3 is 18.4 Å². The predicted octanol–water partition coefficient (Wildman–Crippen LogP) is 1.57. The third-order valence-electron chi connectivity index (χ3n) is 5.72. The third kappa shape index (κ3) is 14.7. The Labute approximate surface area is 266 Å². The van der Waals surface area contributed by atoms with Crippen molar-refractivity contribution in [2.24, 2.45) is 0 Å². The van der Waals surface area contributed by atoms with E-state index in [2.05, 4.69) is 60.1 Å². The molecule has 1 fully saturated rings. The highest BCUT2D eigenvalue weighted by Gasteiger charge is 2.49. The van der Waals surface area contributed by atoms with Crippen molar-refractivity contribution < 1.29 is 63.1 Å². The highest BCUT2D eigenvalue weighted by molar-refractivity contribution is 7.87. The van der Waals surface area contributed by atoms with Crippen LogP contribution in [0.25, 0.3) is 0 Å². The topological polar surface area (TPSA) is 150 Å². The van der Waals surface area contributed by atoms with E-state index in [1.54, 1.807) is 6.08 Å². The summed E-state index contributed by atoms with van der Waals surface area (Å²) < 4.78 is 99.6. The zero-order valence-electron chi connectivity index (χ0n) is 26.3. The van der Waals surface area contributed by atoms with Crippen molar-refractivity contribution >= 4 is 36.1 Å². The second kappa shape index (κ2) is 18.0. The van der Waals surface area contributed by atoms with Gasteiger partial charge in [0.05, 0.1) is 34.4 Å². The van der Waals surface area contributed by atoms with E-state index in [0.29, 0.717) is 6.54 Å². The maximum atomic E-state index is 12.4. The molecule has 2 N–H and O–H groups in total. The van der Waals surface area contributed by atoms with Crippen molar-refractivity contribution in [3.63, 3.8) is 0 Å². The maximum Gasteiger partial charge on any atom is 0.534 e. The Balaban J connectivity index is 0.000000628. The van der Waals surface area contributed by atoms with Gasteiger partial charge in [0, 0.05) is 18.5 Å². The van der Waals surface area contributed by atoms with Gasteiger partial charge in [0.15, 0.2) is 0 Å². The SMILES string of the molecule is C#CC1=C[C@H](C(=O)OC)NC1.C#C[Si](C)(C)C.COC(=O)[C@H]1C=C(OS(=O)(=O)C(F)(F)F)CN1C.COC(=O)[C@H]1CC(F)(F)CN1. The van der Waals surface area contributed by atoms with E-state index < -0.39 is 72.4 Å². The Morgan fingerprint density at radius 3 is 1.89 bits per heavy atom. The zero-order chi connectivity index (χ0) is 36.1. The molecule has 0 spiro atoms. The molecule has 3 aliphatic rings. The number of alkyl halides is 5. The second-order valence-electron chi connectivity index (χ2n) is 10.6.